The normalized spacial score (nSPS) is 16.8. The molecule has 0 spiro atoms. The minimum atomic E-state index is -2.44. The summed E-state index contributed by atoms with van der Waals surface area (Å²) >= 11 is 0. The predicted molar refractivity (Wildman–Crippen MR) is 71.4 cm³/mol. The Morgan fingerprint density at radius 1 is 1.00 bits per heavy atom. The molecular formula is C15H15F6NO2. The van der Waals surface area contributed by atoms with Gasteiger partial charge in [0.15, 0.2) is 23.3 Å². The highest BCUT2D eigenvalue weighted by atomic mass is 19.2. The van der Waals surface area contributed by atoms with Crippen molar-refractivity contribution in [3.8, 4) is 0 Å². The monoisotopic (exact) mass is 355 g/mol. The van der Waals surface area contributed by atoms with E-state index in [2.05, 4.69) is 0 Å². The quantitative estimate of drug-likeness (QED) is 0.451. The van der Waals surface area contributed by atoms with Gasteiger partial charge in [0.05, 0.1) is 5.56 Å². The zero-order valence-corrected chi connectivity index (χ0v) is 13.1. The van der Waals surface area contributed by atoms with Crippen molar-refractivity contribution in [1.29, 1.82) is 0 Å². The van der Waals surface area contributed by atoms with Crippen LogP contribution >= 0.6 is 0 Å². The molecule has 1 aromatic rings. The van der Waals surface area contributed by atoms with E-state index in [1.54, 1.807) is 20.8 Å². The molecule has 24 heavy (non-hydrogen) atoms. The molecule has 134 valence electrons. The van der Waals surface area contributed by atoms with Gasteiger partial charge in [-0.2, -0.15) is 0 Å². The van der Waals surface area contributed by atoms with Gasteiger partial charge in [0.25, 0.3) is 0 Å². The molecular weight excluding hydrogens is 340 g/mol. The third kappa shape index (κ3) is 3.29. The standard InChI is InChI=1S/C15H15F6NO2/c1-15(2,3)24-14(23)22-4-6(5-22)8(16)7-9(17)11(19)13(21)12(20)10(7)18/h6,8H,4-5H2,1-3H3. The summed E-state index contributed by atoms with van der Waals surface area (Å²) in [6.07, 6.45) is -3.18. The number of rotatable bonds is 2. The molecule has 0 aliphatic carbocycles. The fourth-order valence-corrected chi connectivity index (χ4v) is 2.27. The number of carbonyl (C=O) groups excluding carboxylic acids is 1. The van der Waals surface area contributed by atoms with Crippen molar-refractivity contribution < 1.29 is 35.9 Å². The van der Waals surface area contributed by atoms with Crippen LogP contribution in [-0.2, 0) is 4.74 Å². The van der Waals surface area contributed by atoms with E-state index >= 15 is 0 Å². The number of benzene rings is 1. The summed E-state index contributed by atoms with van der Waals surface area (Å²) in [7, 11) is 0. The van der Waals surface area contributed by atoms with Gasteiger partial charge in [0.1, 0.15) is 11.8 Å². The van der Waals surface area contributed by atoms with E-state index in [0.717, 1.165) is 4.90 Å². The highest BCUT2D eigenvalue weighted by molar-refractivity contribution is 5.69. The minimum Gasteiger partial charge on any atom is -0.444 e. The van der Waals surface area contributed by atoms with Crippen LogP contribution in [0.1, 0.15) is 32.5 Å². The second-order valence-corrected chi connectivity index (χ2v) is 6.53. The first-order valence-corrected chi connectivity index (χ1v) is 7.07. The third-order valence-corrected chi connectivity index (χ3v) is 3.49. The zero-order chi connectivity index (χ0) is 18.4. The molecule has 0 N–H and O–H groups in total. The summed E-state index contributed by atoms with van der Waals surface area (Å²) in [5.74, 6) is -12.2. The number of alkyl halides is 1. The molecule has 1 atom stereocenters. The predicted octanol–water partition coefficient (Wildman–Crippen LogP) is 4.26. The van der Waals surface area contributed by atoms with Crippen LogP contribution in [0, 0.1) is 35.0 Å². The molecule has 0 saturated carbocycles. The van der Waals surface area contributed by atoms with Crippen LogP contribution in [-0.4, -0.2) is 29.7 Å². The average molecular weight is 355 g/mol. The van der Waals surface area contributed by atoms with Gasteiger partial charge in [-0.1, -0.05) is 0 Å². The Balaban J connectivity index is 2.13. The summed E-state index contributed by atoms with van der Waals surface area (Å²) in [5.41, 5.74) is -2.29. The SMILES string of the molecule is CC(C)(C)OC(=O)N1CC(C(F)c2c(F)c(F)c(F)c(F)c2F)C1. The molecule has 1 unspecified atom stereocenters. The van der Waals surface area contributed by atoms with E-state index in [0.29, 0.717) is 0 Å². The van der Waals surface area contributed by atoms with Gasteiger partial charge in [-0.25, -0.2) is 31.1 Å². The number of ether oxygens (including phenoxy) is 1. The maximum atomic E-state index is 14.3. The molecule has 0 aromatic heterocycles. The number of amides is 1. The van der Waals surface area contributed by atoms with Gasteiger partial charge in [-0.05, 0) is 20.8 Å². The topological polar surface area (TPSA) is 29.5 Å². The van der Waals surface area contributed by atoms with Crippen LogP contribution in [0.3, 0.4) is 0 Å². The van der Waals surface area contributed by atoms with Crippen molar-refractivity contribution in [3.63, 3.8) is 0 Å². The molecule has 2 rings (SSSR count). The number of likely N-dealkylation sites (tertiary alicyclic amines) is 1. The summed E-state index contributed by atoms with van der Waals surface area (Å²) in [6, 6.07) is 0. The first-order valence-electron chi connectivity index (χ1n) is 7.07. The van der Waals surface area contributed by atoms with E-state index in [1.807, 2.05) is 0 Å². The molecule has 1 fully saturated rings. The van der Waals surface area contributed by atoms with Gasteiger partial charge in [0, 0.05) is 19.0 Å². The first-order chi connectivity index (χ1) is 10.9. The minimum absolute atomic E-state index is 0.254. The largest absolute Gasteiger partial charge is 0.444 e. The Morgan fingerprint density at radius 3 is 1.83 bits per heavy atom. The summed E-state index contributed by atoms with van der Waals surface area (Å²) in [5, 5.41) is 0. The second kappa shape index (κ2) is 6.18. The van der Waals surface area contributed by atoms with Gasteiger partial charge in [0.2, 0.25) is 5.82 Å². The molecule has 1 aliphatic rings. The molecule has 1 aliphatic heterocycles. The lowest BCUT2D eigenvalue weighted by molar-refractivity contribution is -0.0164. The van der Waals surface area contributed by atoms with Crippen LogP contribution in [0.4, 0.5) is 31.1 Å². The molecule has 3 nitrogen and oxygen atoms in total. The summed E-state index contributed by atoms with van der Waals surface area (Å²) in [6.45, 7) is 4.35. The molecule has 0 radical (unpaired) electrons. The maximum absolute atomic E-state index is 14.3. The van der Waals surface area contributed by atoms with Crippen molar-refractivity contribution in [2.75, 3.05) is 13.1 Å². The highest BCUT2D eigenvalue weighted by Crippen LogP contribution is 2.38. The van der Waals surface area contributed by atoms with E-state index in [4.69, 9.17) is 4.74 Å². The smallest absolute Gasteiger partial charge is 0.410 e. The molecule has 0 bridgehead atoms. The molecule has 1 heterocycles. The Kier molecular flexibility index (Phi) is 4.74. The van der Waals surface area contributed by atoms with Crippen LogP contribution in [0.15, 0.2) is 0 Å². The average Bonchev–Trinajstić information content (AvgIpc) is 2.39. The fourth-order valence-electron chi connectivity index (χ4n) is 2.27. The fraction of sp³-hybridized carbons (Fsp3) is 0.533. The van der Waals surface area contributed by atoms with Crippen LogP contribution in [0.5, 0.6) is 0 Å². The molecule has 1 amide bonds. The van der Waals surface area contributed by atoms with Crippen molar-refractivity contribution in [1.82, 2.24) is 4.90 Å². The van der Waals surface area contributed by atoms with Crippen LogP contribution < -0.4 is 0 Å². The zero-order valence-electron chi connectivity index (χ0n) is 13.1. The van der Waals surface area contributed by atoms with Gasteiger partial charge in [-0.3, -0.25) is 0 Å². The number of hydrogen-bond acceptors (Lipinski definition) is 2. The van der Waals surface area contributed by atoms with Crippen molar-refractivity contribution in [2.45, 2.75) is 32.5 Å². The molecule has 1 saturated heterocycles. The van der Waals surface area contributed by atoms with Crippen molar-refractivity contribution in [3.05, 3.63) is 34.6 Å². The van der Waals surface area contributed by atoms with Gasteiger partial charge in [-0.15, -0.1) is 0 Å². The van der Waals surface area contributed by atoms with Crippen LogP contribution in [0.25, 0.3) is 0 Å². The van der Waals surface area contributed by atoms with Crippen LogP contribution in [0.2, 0.25) is 0 Å². The molecule has 1 aromatic carbocycles. The van der Waals surface area contributed by atoms with Gasteiger partial charge < -0.3 is 9.64 Å². The number of carbonyl (C=O) groups is 1. The second-order valence-electron chi connectivity index (χ2n) is 6.53. The Hall–Kier alpha value is -1.93. The summed E-state index contributed by atoms with van der Waals surface area (Å²) in [4.78, 5) is 12.8. The Bertz CT molecular complexity index is 638. The first kappa shape index (κ1) is 18.4. The number of hydrogen-bond donors (Lipinski definition) is 0. The lowest BCUT2D eigenvalue weighted by Gasteiger charge is -2.41. The van der Waals surface area contributed by atoms with E-state index < -0.39 is 58.4 Å². The third-order valence-electron chi connectivity index (χ3n) is 3.49. The van der Waals surface area contributed by atoms with Gasteiger partial charge >= 0.3 is 6.09 Å². The maximum Gasteiger partial charge on any atom is 0.410 e. The van der Waals surface area contributed by atoms with Crippen molar-refractivity contribution in [2.24, 2.45) is 5.92 Å². The highest BCUT2D eigenvalue weighted by Gasteiger charge is 2.42. The number of nitrogens with zero attached hydrogens (tertiary/aromatic N) is 1. The number of halogens is 6. The van der Waals surface area contributed by atoms with E-state index in [1.165, 1.54) is 0 Å². The lowest BCUT2D eigenvalue weighted by Crippen LogP contribution is -2.53. The van der Waals surface area contributed by atoms with E-state index in [9.17, 15) is 31.1 Å². The lowest BCUT2D eigenvalue weighted by atomic mass is 9.89. The van der Waals surface area contributed by atoms with E-state index in [-0.39, 0.29) is 13.1 Å². The Labute approximate surface area is 134 Å². The summed E-state index contributed by atoms with van der Waals surface area (Å²) < 4.78 is 85.7. The molecule has 9 heteroatoms. The van der Waals surface area contributed by atoms with Crippen molar-refractivity contribution >= 4 is 6.09 Å². The Morgan fingerprint density at radius 2 is 1.42 bits per heavy atom.